The maximum Gasteiger partial charge on any atom is 0.241 e. The zero-order valence-corrected chi connectivity index (χ0v) is 12.0. The van der Waals surface area contributed by atoms with Crippen molar-refractivity contribution in [2.24, 2.45) is 0 Å². The van der Waals surface area contributed by atoms with E-state index in [0.717, 1.165) is 30.5 Å². The number of aryl methyl sites for hydroxylation is 1. The van der Waals surface area contributed by atoms with Crippen LogP contribution in [0.3, 0.4) is 0 Å². The maximum atomic E-state index is 12.3. The lowest BCUT2D eigenvalue weighted by molar-refractivity contribution is 0.580. The van der Waals surface area contributed by atoms with Gasteiger partial charge in [-0.2, -0.15) is 0 Å². The molecule has 19 heavy (non-hydrogen) atoms. The Morgan fingerprint density at radius 1 is 1.16 bits per heavy atom. The van der Waals surface area contributed by atoms with Crippen LogP contribution in [0, 0.1) is 6.92 Å². The fraction of sp³-hybridized carbons (Fsp3) is 0.571. The summed E-state index contributed by atoms with van der Waals surface area (Å²) in [5.74, 6) is 0. The molecule has 0 atom stereocenters. The van der Waals surface area contributed by atoms with Gasteiger partial charge in [-0.3, -0.25) is 0 Å². The van der Waals surface area contributed by atoms with Crippen LogP contribution in [0.25, 0.3) is 0 Å². The normalized spacial score (nSPS) is 19.6. The van der Waals surface area contributed by atoms with Crippen molar-refractivity contribution in [2.75, 3.05) is 0 Å². The molecule has 0 spiro atoms. The number of benzene rings is 1. The van der Waals surface area contributed by atoms with E-state index in [1.165, 1.54) is 12.8 Å². The lowest BCUT2D eigenvalue weighted by Gasteiger charge is -2.11. The Balaban J connectivity index is 1.79. The van der Waals surface area contributed by atoms with Crippen LogP contribution in [0.4, 0.5) is 0 Å². The predicted molar refractivity (Wildman–Crippen MR) is 74.4 cm³/mol. The highest BCUT2D eigenvalue weighted by molar-refractivity contribution is 7.89. The molecule has 1 aromatic carbocycles. The van der Waals surface area contributed by atoms with Crippen molar-refractivity contribution in [2.45, 2.75) is 56.1 Å². The van der Waals surface area contributed by atoms with E-state index in [-0.39, 0.29) is 6.04 Å². The van der Waals surface area contributed by atoms with Crippen molar-refractivity contribution in [3.8, 4) is 0 Å². The van der Waals surface area contributed by atoms with Crippen LogP contribution >= 0.6 is 0 Å². The molecule has 2 aliphatic rings. The number of hydrogen-bond donors (Lipinski definition) is 2. The summed E-state index contributed by atoms with van der Waals surface area (Å²) in [5, 5.41) is 3.41. The standard InChI is InChI=1S/C14H20N2O2S/c1-10-2-3-11(9-15-12-4-5-12)8-14(10)19(17,18)16-13-6-7-13/h2-3,8,12-13,15-16H,4-7,9H2,1H3. The number of nitrogens with one attached hydrogen (secondary N) is 2. The summed E-state index contributed by atoms with van der Waals surface area (Å²) in [4.78, 5) is 0.425. The molecule has 2 aliphatic carbocycles. The number of sulfonamides is 1. The zero-order valence-electron chi connectivity index (χ0n) is 11.1. The van der Waals surface area contributed by atoms with Crippen LogP contribution in [0.2, 0.25) is 0 Å². The predicted octanol–water partition coefficient (Wildman–Crippen LogP) is 1.69. The van der Waals surface area contributed by atoms with Gasteiger partial charge in [-0.15, -0.1) is 0 Å². The minimum absolute atomic E-state index is 0.151. The van der Waals surface area contributed by atoms with Crippen molar-refractivity contribution >= 4 is 10.0 Å². The molecule has 0 saturated heterocycles. The first-order chi connectivity index (χ1) is 9.04. The molecule has 0 heterocycles. The molecule has 4 nitrogen and oxygen atoms in total. The largest absolute Gasteiger partial charge is 0.310 e. The van der Waals surface area contributed by atoms with Crippen LogP contribution < -0.4 is 10.0 Å². The van der Waals surface area contributed by atoms with Gasteiger partial charge in [-0.25, -0.2) is 13.1 Å². The molecule has 0 bridgehead atoms. The lowest BCUT2D eigenvalue weighted by atomic mass is 10.1. The second kappa shape index (κ2) is 4.89. The van der Waals surface area contributed by atoms with Gasteiger partial charge >= 0.3 is 0 Å². The monoisotopic (exact) mass is 280 g/mol. The van der Waals surface area contributed by atoms with Gasteiger partial charge in [-0.1, -0.05) is 12.1 Å². The number of hydrogen-bond acceptors (Lipinski definition) is 3. The second-order valence-corrected chi connectivity index (χ2v) is 7.33. The fourth-order valence-corrected chi connectivity index (χ4v) is 3.68. The molecule has 2 saturated carbocycles. The molecular formula is C14H20N2O2S. The first-order valence-corrected chi connectivity index (χ1v) is 8.38. The minimum atomic E-state index is -3.35. The van der Waals surface area contributed by atoms with Crippen LogP contribution in [-0.4, -0.2) is 20.5 Å². The van der Waals surface area contributed by atoms with Gasteiger partial charge in [-0.05, 0) is 49.8 Å². The number of rotatable bonds is 6. The summed E-state index contributed by atoms with van der Waals surface area (Å²) in [7, 11) is -3.35. The zero-order chi connectivity index (χ0) is 13.5. The highest BCUT2D eigenvalue weighted by atomic mass is 32.2. The van der Waals surface area contributed by atoms with Gasteiger partial charge < -0.3 is 5.32 Å². The van der Waals surface area contributed by atoms with Crippen LogP contribution in [0.1, 0.15) is 36.8 Å². The van der Waals surface area contributed by atoms with Gasteiger partial charge in [0, 0.05) is 18.6 Å². The summed E-state index contributed by atoms with van der Waals surface area (Å²) in [6, 6.07) is 6.48. The Morgan fingerprint density at radius 2 is 1.84 bits per heavy atom. The molecule has 0 radical (unpaired) electrons. The van der Waals surface area contributed by atoms with E-state index in [4.69, 9.17) is 0 Å². The van der Waals surface area contributed by atoms with E-state index in [0.29, 0.717) is 10.9 Å². The Labute approximate surface area is 114 Å². The van der Waals surface area contributed by atoms with E-state index in [9.17, 15) is 8.42 Å². The van der Waals surface area contributed by atoms with Gasteiger partial charge in [0.2, 0.25) is 10.0 Å². The highest BCUT2D eigenvalue weighted by Gasteiger charge is 2.29. The van der Waals surface area contributed by atoms with Crippen LogP contribution in [-0.2, 0) is 16.6 Å². The topological polar surface area (TPSA) is 58.2 Å². The second-order valence-electron chi connectivity index (χ2n) is 5.65. The molecule has 3 rings (SSSR count). The lowest BCUT2D eigenvalue weighted by Crippen LogP contribution is -2.26. The van der Waals surface area contributed by atoms with Gasteiger partial charge in [0.25, 0.3) is 0 Å². The quantitative estimate of drug-likeness (QED) is 0.833. The third kappa shape index (κ3) is 3.35. The van der Waals surface area contributed by atoms with Crippen molar-refractivity contribution in [3.63, 3.8) is 0 Å². The highest BCUT2D eigenvalue weighted by Crippen LogP contribution is 2.24. The van der Waals surface area contributed by atoms with E-state index in [1.54, 1.807) is 6.07 Å². The molecular weight excluding hydrogens is 260 g/mol. The van der Waals surface area contributed by atoms with Gasteiger partial charge in [0.1, 0.15) is 0 Å². The SMILES string of the molecule is Cc1ccc(CNC2CC2)cc1S(=O)(=O)NC1CC1. The molecule has 2 N–H and O–H groups in total. The van der Waals surface area contributed by atoms with Crippen LogP contribution in [0.5, 0.6) is 0 Å². The molecule has 5 heteroatoms. The Hall–Kier alpha value is -0.910. The first-order valence-electron chi connectivity index (χ1n) is 6.90. The molecule has 0 unspecified atom stereocenters. The molecule has 2 fully saturated rings. The Kier molecular flexibility index (Phi) is 3.37. The van der Waals surface area contributed by atoms with E-state index < -0.39 is 10.0 Å². The average Bonchev–Trinajstić information content (AvgIpc) is 3.22. The van der Waals surface area contributed by atoms with Gasteiger partial charge in [0.05, 0.1) is 4.90 Å². The maximum absolute atomic E-state index is 12.3. The molecule has 0 amide bonds. The van der Waals surface area contributed by atoms with E-state index >= 15 is 0 Å². The minimum Gasteiger partial charge on any atom is -0.310 e. The molecule has 0 aliphatic heterocycles. The Bertz CT molecular complexity index is 575. The summed E-state index contributed by atoms with van der Waals surface area (Å²) in [6.07, 6.45) is 4.39. The Morgan fingerprint density at radius 3 is 2.47 bits per heavy atom. The van der Waals surface area contributed by atoms with E-state index in [2.05, 4.69) is 10.0 Å². The van der Waals surface area contributed by atoms with E-state index in [1.807, 2.05) is 19.1 Å². The van der Waals surface area contributed by atoms with Crippen molar-refractivity contribution in [1.82, 2.24) is 10.0 Å². The molecule has 1 aromatic rings. The third-order valence-electron chi connectivity index (χ3n) is 3.61. The summed E-state index contributed by atoms with van der Waals surface area (Å²) >= 11 is 0. The van der Waals surface area contributed by atoms with Crippen molar-refractivity contribution in [3.05, 3.63) is 29.3 Å². The summed E-state index contributed by atoms with van der Waals surface area (Å²) in [6.45, 7) is 2.59. The van der Waals surface area contributed by atoms with Crippen LogP contribution in [0.15, 0.2) is 23.1 Å². The smallest absolute Gasteiger partial charge is 0.241 e. The third-order valence-corrected chi connectivity index (χ3v) is 5.28. The van der Waals surface area contributed by atoms with Crippen molar-refractivity contribution < 1.29 is 8.42 Å². The molecule has 104 valence electrons. The molecule has 0 aromatic heterocycles. The summed E-state index contributed by atoms with van der Waals surface area (Å²) in [5.41, 5.74) is 1.84. The average molecular weight is 280 g/mol. The summed E-state index contributed by atoms with van der Waals surface area (Å²) < 4.78 is 27.3. The first kappa shape index (κ1) is 13.1. The van der Waals surface area contributed by atoms with Gasteiger partial charge in [0.15, 0.2) is 0 Å². The fourth-order valence-electron chi connectivity index (χ4n) is 2.08. The van der Waals surface area contributed by atoms with Crippen molar-refractivity contribution in [1.29, 1.82) is 0 Å².